The molecule has 0 aliphatic rings. The Bertz CT molecular complexity index is 539. The number of ether oxygens (including phenoxy) is 1. The second-order valence-electron chi connectivity index (χ2n) is 3.27. The maximum Gasteiger partial charge on any atom is 0.372 e. The number of carboxylic acid groups (broad SMARTS) is 1. The van der Waals surface area contributed by atoms with Crippen molar-refractivity contribution in [3.8, 4) is 18.2 Å². The lowest BCUT2D eigenvalue weighted by Crippen LogP contribution is -2.31. The van der Waals surface area contributed by atoms with Crippen LogP contribution in [0.5, 0.6) is 5.88 Å². The summed E-state index contributed by atoms with van der Waals surface area (Å²) < 4.78 is 4.76. The first-order valence-electron chi connectivity index (χ1n) is 4.94. The van der Waals surface area contributed by atoms with E-state index >= 15 is 0 Å². The molecule has 0 aliphatic heterocycles. The Morgan fingerprint density at radius 1 is 1.68 bits per heavy atom. The molecule has 9 heteroatoms. The zero-order valence-electron chi connectivity index (χ0n) is 9.94. The smallest absolute Gasteiger partial charge is 0.372 e. The van der Waals surface area contributed by atoms with E-state index in [4.69, 9.17) is 16.3 Å². The van der Waals surface area contributed by atoms with Crippen LogP contribution in [0.25, 0.3) is 0 Å². The van der Waals surface area contributed by atoms with Crippen molar-refractivity contribution in [3.63, 3.8) is 0 Å². The number of carbonyl (C=O) groups is 1. The quantitative estimate of drug-likeness (QED) is 0.431. The lowest BCUT2D eigenvalue weighted by Gasteiger charge is -2.18. The standard InChI is InChI=1S/C10H10N4O5/c1-3-4-13(5-7(15)16)9-8(14(17)18)10(19-2)12-6-11-9/h1,6H,4-5H2,2H3,(H,15,16). The van der Waals surface area contributed by atoms with Crippen LogP contribution in [0, 0.1) is 22.5 Å². The average molecular weight is 266 g/mol. The maximum atomic E-state index is 11.0. The van der Waals surface area contributed by atoms with Crippen LogP contribution in [-0.4, -0.2) is 46.2 Å². The van der Waals surface area contributed by atoms with Crippen LogP contribution in [-0.2, 0) is 4.79 Å². The summed E-state index contributed by atoms with van der Waals surface area (Å²) in [5.74, 6) is 0.563. The minimum atomic E-state index is -1.19. The molecular formula is C10H10N4O5. The van der Waals surface area contributed by atoms with Gasteiger partial charge in [0.25, 0.3) is 5.88 Å². The van der Waals surface area contributed by atoms with Gasteiger partial charge in [-0.3, -0.25) is 14.9 Å². The fourth-order valence-corrected chi connectivity index (χ4v) is 1.37. The lowest BCUT2D eigenvalue weighted by molar-refractivity contribution is -0.385. The lowest BCUT2D eigenvalue weighted by atomic mass is 10.3. The Morgan fingerprint density at radius 3 is 2.84 bits per heavy atom. The molecule has 0 amide bonds. The summed E-state index contributed by atoms with van der Waals surface area (Å²) >= 11 is 0. The van der Waals surface area contributed by atoms with Crippen LogP contribution >= 0.6 is 0 Å². The van der Waals surface area contributed by atoms with Gasteiger partial charge in [0.2, 0.25) is 5.82 Å². The number of nitrogens with zero attached hydrogens (tertiary/aromatic N) is 4. The van der Waals surface area contributed by atoms with Gasteiger partial charge in [-0.1, -0.05) is 5.92 Å². The third kappa shape index (κ3) is 3.29. The number of hydrogen-bond acceptors (Lipinski definition) is 7. The minimum Gasteiger partial charge on any atom is -0.480 e. The van der Waals surface area contributed by atoms with Gasteiger partial charge in [-0.05, 0) is 0 Å². The molecule has 0 fully saturated rings. The van der Waals surface area contributed by atoms with E-state index in [0.717, 1.165) is 11.2 Å². The number of aliphatic carboxylic acids is 1. The van der Waals surface area contributed by atoms with E-state index in [9.17, 15) is 14.9 Å². The predicted molar refractivity (Wildman–Crippen MR) is 63.9 cm³/mol. The Labute approximate surface area is 108 Å². The molecule has 1 aromatic heterocycles. The Balaban J connectivity index is 3.33. The number of rotatable bonds is 6. The number of nitro groups is 1. The fourth-order valence-electron chi connectivity index (χ4n) is 1.37. The van der Waals surface area contributed by atoms with Gasteiger partial charge >= 0.3 is 11.7 Å². The van der Waals surface area contributed by atoms with Gasteiger partial charge < -0.3 is 14.7 Å². The first-order valence-corrected chi connectivity index (χ1v) is 4.94. The average Bonchev–Trinajstić information content (AvgIpc) is 2.36. The molecule has 0 bridgehead atoms. The molecule has 0 aromatic carbocycles. The van der Waals surface area contributed by atoms with Crippen molar-refractivity contribution in [2.75, 3.05) is 25.1 Å². The summed E-state index contributed by atoms with van der Waals surface area (Å²) in [5, 5.41) is 19.8. The van der Waals surface area contributed by atoms with E-state index < -0.39 is 23.1 Å². The number of anilines is 1. The van der Waals surface area contributed by atoms with Crippen molar-refractivity contribution >= 4 is 17.5 Å². The number of methoxy groups -OCH3 is 1. The highest BCUT2D eigenvalue weighted by Crippen LogP contribution is 2.32. The SMILES string of the molecule is C#CCN(CC(=O)O)c1ncnc(OC)c1[N+](=O)[O-]. The normalized spacial score (nSPS) is 9.47. The summed E-state index contributed by atoms with van der Waals surface area (Å²) in [6.07, 6.45) is 6.14. The molecule has 0 radical (unpaired) electrons. The van der Waals surface area contributed by atoms with E-state index in [0.29, 0.717) is 0 Å². The molecule has 0 saturated carbocycles. The Kier molecular flexibility index (Phi) is 4.59. The molecular weight excluding hydrogens is 256 g/mol. The number of carboxylic acids is 1. The zero-order valence-corrected chi connectivity index (χ0v) is 9.94. The summed E-state index contributed by atoms with van der Waals surface area (Å²) in [5.41, 5.74) is -0.526. The Hall–Kier alpha value is -2.89. The molecule has 0 saturated heterocycles. The van der Waals surface area contributed by atoms with Gasteiger partial charge in [0.1, 0.15) is 12.9 Å². The Morgan fingerprint density at radius 2 is 2.37 bits per heavy atom. The molecule has 19 heavy (non-hydrogen) atoms. The third-order valence-corrected chi connectivity index (χ3v) is 2.05. The van der Waals surface area contributed by atoms with E-state index in [1.54, 1.807) is 0 Å². The van der Waals surface area contributed by atoms with Gasteiger partial charge in [-0.15, -0.1) is 6.42 Å². The highest BCUT2D eigenvalue weighted by molar-refractivity contribution is 5.75. The van der Waals surface area contributed by atoms with Gasteiger partial charge in [0.15, 0.2) is 0 Å². The van der Waals surface area contributed by atoms with Crippen molar-refractivity contribution in [3.05, 3.63) is 16.4 Å². The molecule has 100 valence electrons. The molecule has 1 rings (SSSR count). The van der Waals surface area contributed by atoms with Crippen LogP contribution in [0.4, 0.5) is 11.5 Å². The van der Waals surface area contributed by atoms with Gasteiger partial charge in [-0.25, -0.2) is 4.98 Å². The number of terminal acetylenes is 1. The molecule has 1 aromatic rings. The zero-order chi connectivity index (χ0) is 14.4. The van der Waals surface area contributed by atoms with Crippen LogP contribution in [0.15, 0.2) is 6.33 Å². The number of hydrogen-bond donors (Lipinski definition) is 1. The van der Waals surface area contributed by atoms with Gasteiger partial charge in [0.05, 0.1) is 18.6 Å². The highest BCUT2D eigenvalue weighted by atomic mass is 16.6. The molecule has 1 heterocycles. The molecule has 0 spiro atoms. The molecule has 0 unspecified atom stereocenters. The largest absolute Gasteiger partial charge is 0.480 e. The van der Waals surface area contributed by atoms with Crippen molar-refractivity contribution < 1.29 is 19.6 Å². The monoisotopic (exact) mass is 266 g/mol. The second-order valence-corrected chi connectivity index (χ2v) is 3.27. The van der Waals surface area contributed by atoms with Crippen LogP contribution < -0.4 is 9.64 Å². The topological polar surface area (TPSA) is 119 Å². The highest BCUT2D eigenvalue weighted by Gasteiger charge is 2.28. The first-order chi connectivity index (χ1) is 9.01. The summed E-state index contributed by atoms with van der Waals surface area (Å²) in [6.45, 7) is -0.668. The summed E-state index contributed by atoms with van der Waals surface area (Å²) in [6, 6.07) is 0. The van der Waals surface area contributed by atoms with E-state index in [2.05, 4.69) is 15.9 Å². The molecule has 0 atom stereocenters. The van der Waals surface area contributed by atoms with Gasteiger partial charge in [0, 0.05) is 0 Å². The summed E-state index contributed by atoms with van der Waals surface area (Å²) in [7, 11) is 1.21. The fraction of sp³-hybridized carbons (Fsp3) is 0.300. The van der Waals surface area contributed by atoms with Crippen LogP contribution in [0.1, 0.15) is 0 Å². The van der Waals surface area contributed by atoms with Gasteiger partial charge in [-0.2, -0.15) is 4.98 Å². The van der Waals surface area contributed by atoms with Crippen LogP contribution in [0.3, 0.4) is 0 Å². The minimum absolute atomic E-state index is 0.146. The van der Waals surface area contributed by atoms with Crippen LogP contribution in [0.2, 0.25) is 0 Å². The van der Waals surface area contributed by atoms with Crippen molar-refractivity contribution in [2.45, 2.75) is 0 Å². The van der Waals surface area contributed by atoms with Crippen molar-refractivity contribution in [1.82, 2.24) is 9.97 Å². The first kappa shape index (κ1) is 14.2. The maximum absolute atomic E-state index is 11.0. The van der Waals surface area contributed by atoms with E-state index in [1.165, 1.54) is 7.11 Å². The molecule has 1 N–H and O–H groups in total. The predicted octanol–water partition coefficient (Wildman–Crippen LogP) is -0.0824. The molecule has 9 nitrogen and oxygen atoms in total. The van der Waals surface area contributed by atoms with E-state index in [1.807, 2.05) is 0 Å². The summed E-state index contributed by atoms with van der Waals surface area (Å²) in [4.78, 5) is 29.4. The van der Waals surface area contributed by atoms with Crippen molar-refractivity contribution in [2.24, 2.45) is 0 Å². The number of aromatic nitrogens is 2. The molecule has 0 aliphatic carbocycles. The van der Waals surface area contributed by atoms with E-state index in [-0.39, 0.29) is 18.2 Å². The second kappa shape index (κ2) is 6.15. The van der Waals surface area contributed by atoms with Crippen molar-refractivity contribution in [1.29, 1.82) is 0 Å². The third-order valence-electron chi connectivity index (χ3n) is 2.05.